The van der Waals surface area contributed by atoms with Gasteiger partial charge in [0.2, 0.25) is 0 Å². The molecule has 2 radical (unpaired) electrons. The van der Waals surface area contributed by atoms with E-state index in [-0.39, 0.29) is 10.8 Å². The lowest BCUT2D eigenvalue weighted by atomic mass is 10.8. The molecule has 0 aliphatic heterocycles. The summed E-state index contributed by atoms with van der Waals surface area (Å²) in [4.78, 5) is 9.98. The molecule has 0 unspecified atom stereocenters. The number of carbonyl (C=O) groups excluding carboxylic acids is 1. The molecule has 0 rings (SSSR count). The van der Waals surface area contributed by atoms with Crippen LogP contribution in [0, 0.1) is 0 Å². The van der Waals surface area contributed by atoms with Gasteiger partial charge in [0.25, 0.3) is 0 Å². The van der Waals surface area contributed by atoms with Crippen LogP contribution in [0.3, 0.4) is 0 Å². The first-order chi connectivity index (χ1) is 5.13. The Morgan fingerprint density at radius 2 is 2.27 bits per heavy atom. The average molecular weight is 213 g/mol. The molecule has 0 aromatic rings. The maximum atomic E-state index is 10.3. The molecule has 0 saturated carbocycles. The molecular formula is C6H10Cl2O2Si. The Hall–Kier alpha value is 0.267. The Morgan fingerprint density at radius 1 is 1.64 bits per heavy atom. The fraction of sp³-hybridized carbons (Fsp3) is 0.833. The second-order valence-corrected chi connectivity index (χ2v) is 4.62. The summed E-state index contributed by atoms with van der Waals surface area (Å²) in [6.07, 6.45) is 0. The van der Waals surface area contributed by atoms with Gasteiger partial charge < -0.3 is 4.74 Å². The van der Waals surface area contributed by atoms with Crippen LogP contribution >= 0.6 is 23.2 Å². The fourth-order valence-electron chi connectivity index (χ4n) is 0.478. The van der Waals surface area contributed by atoms with Gasteiger partial charge in [-0.1, -0.05) is 0 Å². The summed E-state index contributed by atoms with van der Waals surface area (Å²) >= 11 is 11.0. The van der Waals surface area contributed by atoms with Crippen molar-refractivity contribution in [1.29, 1.82) is 0 Å². The number of rotatable bonds is 5. The van der Waals surface area contributed by atoms with Crippen LogP contribution in [-0.4, -0.2) is 26.9 Å². The molecule has 0 amide bonds. The Balaban J connectivity index is 2.97. The predicted molar refractivity (Wildman–Crippen MR) is 47.5 cm³/mol. The topological polar surface area (TPSA) is 26.3 Å². The lowest BCUT2D eigenvalue weighted by Gasteiger charge is -2.00. The zero-order valence-corrected chi connectivity index (χ0v) is 8.78. The summed E-state index contributed by atoms with van der Waals surface area (Å²) in [5.41, 5.74) is 0. The van der Waals surface area contributed by atoms with Crippen LogP contribution in [0.5, 0.6) is 0 Å². The zero-order chi connectivity index (χ0) is 8.69. The first-order valence-corrected chi connectivity index (χ1v) is 5.54. The van der Waals surface area contributed by atoms with Gasteiger partial charge >= 0.3 is 5.97 Å². The largest absolute Gasteiger partial charge is 0.466 e. The van der Waals surface area contributed by atoms with E-state index in [1.807, 2.05) is 0 Å². The summed E-state index contributed by atoms with van der Waals surface area (Å²) in [5, 5.41) is 0. The molecule has 0 saturated heterocycles. The third-order valence-corrected chi connectivity index (χ3v) is 2.96. The highest BCUT2D eigenvalue weighted by Crippen LogP contribution is 2.07. The highest BCUT2D eigenvalue weighted by Gasteiger charge is 1.99. The molecule has 0 spiro atoms. The molecule has 11 heavy (non-hydrogen) atoms. The van der Waals surface area contributed by atoms with Crippen LogP contribution in [0.4, 0.5) is 0 Å². The molecule has 0 aromatic heterocycles. The maximum absolute atomic E-state index is 10.3. The molecule has 64 valence electrons. The number of carbonyl (C=O) groups is 1. The normalized spacial score (nSPS) is 10.2. The average Bonchev–Trinajstić information content (AvgIpc) is 1.85. The van der Waals surface area contributed by atoms with Crippen LogP contribution in [0.2, 0.25) is 12.1 Å². The van der Waals surface area contributed by atoms with E-state index in [0.717, 1.165) is 12.1 Å². The number of halogens is 2. The standard InChI is InChI=1S/C6H10Cl2O2Si/c1-5(9)10-2-3-11-4-6(7)8/h6H,2-4H2,1H3. The lowest BCUT2D eigenvalue weighted by Crippen LogP contribution is -2.04. The summed E-state index contributed by atoms with van der Waals surface area (Å²) < 4.78 is 4.71. The van der Waals surface area contributed by atoms with E-state index in [9.17, 15) is 4.79 Å². The third kappa shape index (κ3) is 10.3. The van der Waals surface area contributed by atoms with Gasteiger partial charge in [-0.2, -0.15) is 0 Å². The van der Waals surface area contributed by atoms with Crippen molar-refractivity contribution in [2.24, 2.45) is 0 Å². The minimum absolute atomic E-state index is 0.233. The van der Waals surface area contributed by atoms with E-state index in [4.69, 9.17) is 27.9 Å². The molecule has 0 aliphatic rings. The van der Waals surface area contributed by atoms with Gasteiger partial charge in [-0.15, -0.1) is 23.2 Å². The van der Waals surface area contributed by atoms with Crippen LogP contribution in [0.15, 0.2) is 0 Å². The quantitative estimate of drug-likeness (QED) is 0.301. The Labute approximate surface area is 79.0 Å². The summed E-state index contributed by atoms with van der Waals surface area (Å²) in [6, 6.07) is 1.64. The van der Waals surface area contributed by atoms with Crippen LogP contribution in [0.1, 0.15) is 6.92 Å². The van der Waals surface area contributed by atoms with Crippen molar-refractivity contribution in [2.75, 3.05) is 6.61 Å². The van der Waals surface area contributed by atoms with E-state index >= 15 is 0 Å². The van der Waals surface area contributed by atoms with Crippen molar-refractivity contribution in [1.82, 2.24) is 0 Å². The van der Waals surface area contributed by atoms with Gasteiger partial charge in [0.15, 0.2) is 0 Å². The molecule has 0 N–H and O–H groups in total. The highest BCUT2D eigenvalue weighted by molar-refractivity contribution is 6.49. The van der Waals surface area contributed by atoms with Gasteiger partial charge in [0.1, 0.15) is 4.84 Å². The SMILES string of the molecule is CC(=O)OCC[Si]CC(Cl)Cl. The number of hydrogen-bond donors (Lipinski definition) is 0. The molecule has 0 fully saturated rings. The van der Waals surface area contributed by atoms with E-state index < -0.39 is 0 Å². The molecule has 2 nitrogen and oxygen atoms in total. The number of hydrogen-bond acceptors (Lipinski definition) is 2. The van der Waals surface area contributed by atoms with Crippen LogP contribution in [0.25, 0.3) is 0 Å². The van der Waals surface area contributed by atoms with Crippen LogP contribution in [-0.2, 0) is 9.53 Å². The molecule has 0 heterocycles. The summed E-state index contributed by atoms with van der Waals surface area (Å²) in [7, 11) is 0.671. The van der Waals surface area contributed by atoms with Crippen molar-refractivity contribution < 1.29 is 9.53 Å². The van der Waals surface area contributed by atoms with Crippen molar-refractivity contribution in [3.8, 4) is 0 Å². The van der Waals surface area contributed by atoms with E-state index in [1.54, 1.807) is 0 Å². The zero-order valence-electron chi connectivity index (χ0n) is 6.27. The minimum Gasteiger partial charge on any atom is -0.466 e. The highest BCUT2D eigenvalue weighted by atomic mass is 35.5. The molecule has 0 atom stereocenters. The maximum Gasteiger partial charge on any atom is 0.302 e. The van der Waals surface area contributed by atoms with E-state index in [1.165, 1.54) is 6.92 Å². The van der Waals surface area contributed by atoms with Gasteiger partial charge in [0, 0.05) is 16.4 Å². The van der Waals surface area contributed by atoms with Gasteiger partial charge in [-0.3, -0.25) is 4.79 Å². The lowest BCUT2D eigenvalue weighted by molar-refractivity contribution is -0.140. The summed E-state index contributed by atoms with van der Waals surface area (Å²) in [6.45, 7) is 1.88. The number of ether oxygens (including phenoxy) is 1. The van der Waals surface area contributed by atoms with Crippen LogP contribution < -0.4 is 0 Å². The second kappa shape index (κ2) is 6.95. The predicted octanol–water partition coefficient (Wildman–Crippen LogP) is 1.89. The molecule has 0 aliphatic carbocycles. The van der Waals surface area contributed by atoms with Gasteiger partial charge in [-0.05, 0) is 12.1 Å². The Bertz CT molecular complexity index is 119. The molecule has 0 bridgehead atoms. The van der Waals surface area contributed by atoms with Gasteiger partial charge in [-0.25, -0.2) is 0 Å². The monoisotopic (exact) mass is 212 g/mol. The van der Waals surface area contributed by atoms with Crippen molar-refractivity contribution >= 4 is 38.7 Å². The fourth-order valence-corrected chi connectivity index (χ4v) is 1.80. The minimum atomic E-state index is -0.286. The van der Waals surface area contributed by atoms with Crippen molar-refractivity contribution in [3.05, 3.63) is 0 Å². The Morgan fingerprint density at radius 3 is 2.73 bits per heavy atom. The van der Waals surface area contributed by atoms with E-state index in [0.29, 0.717) is 16.1 Å². The number of alkyl halides is 2. The van der Waals surface area contributed by atoms with Crippen molar-refractivity contribution in [2.45, 2.75) is 23.8 Å². The smallest absolute Gasteiger partial charge is 0.302 e. The van der Waals surface area contributed by atoms with Gasteiger partial charge in [0.05, 0.1) is 6.61 Å². The Kier molecular flexibility index (Phi) is 7.11. The summed E-state index contributed by atoms with van der Waals surface area (Å²) in [5.74, 6) is -0.233. The first kappa shape index (κ1) is 11.3. The molecule has 0 aromatic carbocycles. The first-order valence-electron chi connectivity index (χ1n) is 3.25. The second-order valence-electron chi connectivity index (χ2n) is 1.94. The molecular weight excluding hydrogens is 203 g/mol. The van der Waals surface area contributed by atoms with E-state index in [2.05, 4.69) is 0 Å². The third-order valence-electron chi connectivity index (χ3n) is 0.883. The van der Waals surface area contributed by atoms with Crippen molar-refractivity contribution in [3.63, 3.8) is 0 Å². The number of esters is 1. The molecule has 5 heteroatoms.